The second-order valence-corrected chi connectivity index (χ2v) is 6.91. The number of hydrogen-bond donors (Lipinski definition) is 2. The van der Waals surface area contributed by atoms with E-state index in [-0.39, 0.29) is 6.10 Å². The molecule has 136 valence electrons. The van der Waals surface area contributed by atoms with Crippen molar-refractivity contribution in [2.75, 3.05) is 53.6 Å². The summed E-state index contributed by atoms with van der Waals surface area (Å²) in [5.74, 6) is 0.842. The molecule has 2 unspecified atom stereocenters. The van der Waals surface area contributed by atoms with E-state index in [0.717, 1.165) is 51.8 Å². The Morgan fingerprint density at radius 3 is 3.08 bits per heavy atom. The average Bonchev–Trinajstić information content (AvgIpc) is 3.11. The fraction of sp³-hybridized carbons (Fsp3) is 0.706. The zero-order valence-corrected chi connectivity index (χ0v) is 15.8. The van der Waals surface area contributed by atoms with Crippen molar-refractivity contribution >= 4 is 17.3 Å². The summed E-state index contributed by atoms with van der Waals surface area (Å²) in [4.78, 5) is 8.20. The Bertz CT molecular complexity index is 481. The summed E-state index contributed by atoms with van der Waals surface area (Å²) in [5.41, 5.74) is 0. The van der Waals surface area contributed by atoms with Gasteiger partial charge >= 0.3 is 0 Å². The molecule has 1 aliphatic rings. The van der Waals surface area contributed by atoms with E-state index < -0.39 is 0 Å². The zero-order valence-electron chi connectivity index (χ0n) is 15.0. The maximum atomic E-state index is 5.69. The highest BCUT2D eigenvalue weighted by Crippen LogP contribution is 2.26. The van der Waals surface area contributed by atoms with Crippen molar-refractivity contribution in [1.29, 1.82) is 0 Å². The fourth-order valence-electron chi connectivity index (χ4n) is 2.86. The molecule has 0 bridgehead atoms. The smallest absolute Gasteiger partial charge is 0.191 e. The van der Waals surface area contributed by atoms with Crippen LogP contribution >= 0.6 is 11.3 Å². The molecule has 0 aliphatic carbocycles. The SMILES string of the molecule is CN=C(NCCCOC)NCC(c1cccs1)N1CCOC(C)C1. The molecule has 1 aromatic heterocycles. The minimum Gasteiger partial charge on any atom is -0.385 e. The lowest BCUT2D eigenvalue weighted by atomic mass is 10.1. The summed E-state index contributed by atoms with van der Waals surface area (Å²) in [5, 5.41) is 8.95. The van der Waals surface area contributed by atoms with Crippen molar-refractivity contribution in [2.24, 2.45) is 4.99 Å². The van der Waals surface area contributed by atoms with Gasteiger partial charge in [0.2, 0.25) is 0 Å². The molecule has 2 heterocycles. The van der Waals surface area contributed by atoms with E-state index in [1.165, 1.54) is 4.88 Å². The highest BCUT2D eigenvalue weighted by atomic mass is 32.1. The van der Waals surface area contributed by atoms with Crippen LogP contribution in [0.3, 0.4) is 0 Å². The molecular weight excluding hydrogens is 324 g/mol. The minimum atomic E-state index is 0.285. The third kappa shape index (κ3) is 6.05. The van der Waals surface area contributed by atoms with Crippen LogP contribution in [-0.2, 0) is 9.47 Å². The molecule has 7 heteroatoms. The lowest BCUT2D eigenvalue weighted by Crippen LogP contribution is -2.48. The van der Waals surface area contributed by atoms with E-state index >= 15 is 0 Å². The van der Waals surface area contributed by atoms with E-state index in [9.17, 15) is 0 Å². The van der Waals surface area contributed by atoms with Crippen molar-refractivity contribution in [1.82, 2.24) is 15.5 Å². The van der Waals surface area contributed by atoms with E-state index in [1.54, 1.807) is 7.11 Å². The van der Waals surface area contributed by atoms with Crippen LogP contribution in [0.2, 0.25) is 0 Å². The number of guanidine groups is 1. The number of methoxy groups -OCH3 is 1. The Morgan fingerprint density at radius 1 is 1.54 bits per heavy atom. The van der Waals surface area contributed by atoms with Crippen molar-refractivity contribution in [3.05, 3.63) is 22.4 Å². The minimum absolute atomic E-state index is 0.285. The first-order valence-electron chi connectivity index (χ1n) is 8.57. The third-order valence-corrected chi connectivity index (χ3v) is 5.06. The van der Waals surface area contributed by atoms with Gasteiger partial charge in [-0.3, -0.25) is 9.89 Å². The topological polar surface area (TPSA) is 58.1 Å². The molecule has 0 radical (unpaired) electrons. The number of nitrogens with one attached hydrogen (secondary N) is 2. The summed E-state index contributed by atoms with van der Waals surface area (Å²) >= 11 is 1.81. The molecule has 2 rings (SSSR count). The Morgan fingerprint density at radius 2 is 2.42 bits per heavy atom. The van der Waals surface area contributed by atoms with Gasteiger partial charge < -0.3 is 20.1 Å². The van der Waals surface area contributed by atoms with E-state index in [4.69, 9.17) is 9.47 Å². The highest BCUT2D eigenvalue weighted by molar-refractivity contribution is 7.10. The molecule has 1 aromatic rings. The van der Waals surface area contributed by atoms with Gasteiger partial charge in [0.15, 0.2) is 5.96 Å². The van der Waals surface area contributed by atoms with Gasteiger partial charge in [-0.05, 0) is 24.8 Å². The van der Waals surface area contributed by atoms with Crippen LogP contribution in [0.15, 0.2) is 22.5 Å². The monoisotopic (exact) mass is 354 g/mol. The van der Waals surface area contributed by atoms with Gasteiger partial charge in [0, 0.05) is 51.8 Å². The predicted octanol–water partition coefficient (Wildman–Crippen LogP) is 1.71. The van der Waals surface area contributed by atoms with Crippen molar-refractivity contribution < 1.29 is 9.47 Å². The molecule has 2 atom stereocenters. The second-order valence-electron chi connectivity index (χ2n) is 5.93. The molecule has 0 saturated carbocycles. The Kier molecular flexibility index (Phi) is 8.52. The Balaban J connectivity index is 1.90. The molecular formula is C17H30N4O2S. The average molecular weight is 355 g/mol. The molecule has 0 amide bonds. The molecule has 1 fully saturated rings. The maximum Gasteiger partial charge on any atom is 0.191 e. The fourth-order valence-corrected chi connectivity index (χ4v) is 3.72. The highest BCUT2D eigenvalue weighted by Gasteiger charge is 2.26. The largest absolute Gasteiger partial charge is 0.385 e. The van der Waals surface area contributed by atoms with Crippen LogP contribution in [0.5, 0.6) is 0 Å². The maximum absolute atomic E-state index is 5.69. The first-order valence-corrected chi connectivity index (χ1v) is 9.45. The summed E-state index contributed by atoms with van der Waals surface area (Å²) in [7, 11) is 3.53. The number of hydrogen-bond acceptors (Lipinski definition) is 5. The number of morpholine rings is 1. The van der Waals surface area contributed by atoms with Crippen molar-refractivity contribution in [3.63, 3.8) is 0 Å². The number of nitrogens with zero attached hydrogens (tertiary/aromatic N) is 2. The van der Waals surface area contributed by atoms with Gasteiger partial charge in [-0.2, -0.15) is 0 Å². The lowest BCUT2D eigenvalue weighted by Gasteiger charge is -2.37. The van der Waals surface area contributed by atoms with Crippen LogP contribution in [0, 0.1) is 0 Å². The first-order chi connectivity index (χ1) is 11.7. The summed E-state index contributed by atoms with van der Waals surface area (Å²) in [6, 6.07) is 4.68. The van der Waals surface area contributed by atoms with Gasteiger partial charge in [0.05, 0.1) is 18.8 Å². The quantitative estimate of drug-likeness (QED) is 0.423. The van der Waals surface area contributed by atoms with Crippen LogP contribution in [0.25, 0.3) is 0 Å². The molecule has 1 aliphatic heterocycles. The first kappa shape index (κ1) is 19.2. The molecule has 1 saturated heterocycles. The Labute approximate surface area is 149 Å². The summed E-state index contributed by atoms with van der Waals surface area (Å²) in [6.07, 6.45) is 1.25. The van der Waals surface area contributed by atoms with Crippen LogP contribution < -0.4 is 10.6 Å². The van der Waals surface area contributed by atoms with Crippen LogP contribution in [0.1, 0.15) is 24.3 Å². The van der Waals surface area contributed by atoms with Gasteiger partial charge in [0.25, 0.3) is 0 Å². The number of thiophene rings is 1. The predicted molar refractivity (Wildman–Crippen MR) is 99.9 cm³/mol. The molecule has 2 N–H and O–H groups in total. The molecule has 6 nitrogen and oxygen atoms in total. The van der Waals surface area contributed by atoms with E-state index in [1.807, 2.05) is 18.4 Å². The van der Waals surface area contributed by atoms with Gasteiger partial charge in [0.1, 0.15) is 0 Å². The number of aliphatic imine (C=N–C) groups is 1. The van der Waals surface area contributed by atoms with Crippen LogP contribution in [-0.4, -0.2) is 70.5 Å². The van der Waals surface area contributed by atoms with Crippen molar-refractivity contribution in [2.45, 2.75) is 25.5 Å². The molecule has 0 spiro atoms. The third-order valence-electron chi connectivity index (χ3n) is 4.09. The van der Waals surface area contributed by atoms with E-state index in [0.29, 0.717) is 6.04 Å². The van der Waals surface area contributed by atoms with Gasteiger partial charge in [-0.1, -0.05) is 6.07 Å². The number of ether oxygens (including phenoxy) is 2. The second kappa shape index (κ2) is 10.7. The normalized spacial score (nSPS) is 20.8. The Hall–Kier alpha value is -1.15. The van der Waals surface area contributed by atoms with Gasteiger partial charge in [-0.15, -0.1) is 11.3 Å². The van der Waals surface area contributed by atoms with Gasteiger partial charge in [-0.25, -0.2) is 0 Å². The summed E-state index contributed by atoms with van der Waals surface area (Å²) < 4.78 is 10.8. The molecule has 0 aromatic carbocycles. The standard InChI is InChI=1S/C17H30N4O2S/c1-14-13-21(8-10-23-14)15(16-6-4-11-24-16)12-20-17(18-2)19-7-5-9-22-3/h4,6,11,14-15H,5,7-10,12-13H2,1-3H3,(H2,18,19,20). The van der Waals surface area contributed by atoms with E-state index in [2.05, 4.69) is 45.0 Å². The number of rotatable bonds is 8. The van der Waals surface area contributed by atoms with Crippen molar-refractivity contribution in [3.8, 4) is 0 Å². The molecule has 24 heavy (non-hydrogen) atoms. The summed E-state index contributed by atoms with van der Waals surface area (Å²) in [6.45, 7) is 7.31. The van der Waals surface area contributed by atoms with Crippen LogP contribution in [0.4, 0.5) is 0 Å². The lowest BCUT2D eigenvalue weighted by molar-refractivity contribution is -0.0334. The zero-order chi connectivity index (χ0) is 17.2.